The van der Waals surface area contributed by atoms with Crippen molar-refractivity contribution in [2.75, 3.05) is 17.2 Å². The summed E-state index contributed by atoms with van der Waals surface area (Å²) >= 11 is 5.62. The normalized spacial score (nSPS) is 18.0. The lowest BCUT2D eigenvalue weighted by Gasteiger charge is -2.14. The molecule has 0 unspecified atom stereocenters. The van der Waals surface area contributed by atoms with Crippen molar-refractivity contribution in [2.24, 2.45) is 0 Å². The summed E-state index contributed by atoms with van der Waals surface area (Å²) in [7, 11) is 0. The standard InChI is InChI=1S/C21H19ClF3N7O2/c1-11(33)28-19-5-2-12(8-27-19)18-10-32(31-30-18)14-7-17(26-9-14)20(34)29-13-3-4-16(22)15(6-13)21(23,24)25/h2-6,8,10,14,17,26H,7,9H2,1H3,(H,29,34)(H,27,28,33)/t14-,17-/m0/s1. The highest BCUT2D eigenvalue weighted by atomic mass is 35.5. The van der Waals surface area contributed by atoms with Crippen LogP contribution in [0.4, 0.5) is 24.7 Å². The molecule has 178 valence electrons. The van der Waals surface area contributed by atoms with Crippen molar-refractivity contribution in [3.63, 3.8) is 0 Å². The van der Waals surface area contributed by atoms with Crippen LogP contribution < -0.4 is 16.0 Å². The first kappa shape index (κ1) is 23.6. The molecule has 0 spiro atoms. The van der Waals surface area contributed by atoms with Crippen LogP contribution in [0.1, 0.15) is 24.9 Å². The number of anilines is 2. The SMILES string of the molecule is CC(=O)Nc1ccc(-c2cn([C@@H]3CN[C@H](C(=O)Nc4ccc(Cl)c(C(F)(F)F)c4)C3)nn2)cn1. The smallest absolute Gasteiger partial charge is 0.325 e. The Hall–Kier alpha value is -3.51. The number of halogens is 4. The van der Waals surface area contributed by atoms with E-state index in [9.17, 15) is 22.8 Å². The molecule has 34 heavy (non-hydrogen) atoms. The van der Waals surface area contributed by atoms with Gasteiger partial charge in [0.1, 0.15) is 11.5 Å². The van der Waals surface area contributed by atoms with Gasteiger partial charge < -0.3 is 16.0 Å². The Balaban J connectivity index is 1.39. The summed E-state index contributed by atoms with van der Waals surface area (Å²) in [5.41, 5.74) is 0.253. The van der Waals surface area contributed by atoms with Gasteiger partial charge in [-0.05, 0) is 36.8 Å². The van der Waals surface area contributed by atoms with Crippen LogP contribution in [0.3, 0.4) is 0 Å². The maximum Gasteiger partial charge on any atom is 0.417 e. The maximum absolute atomic E-state index is 13.1. The zero-order valence-electron chi connectivity index (χ0n) is 17.7. The summed E-state index contributed by atoms with van der Waals surface area (Å²) in [4.78, 5) is 27.9. The Morgan fingerprint density at radius 2 is 2.00 bits per heavy atom. The molecule has 3 heterocycles. The molecular formula is C21H19ClF3N7O2. The average molecular weight is 494 g/mol. The van der Waals surface area contributed by atoms with Gasteiger partial charge in [-0.15, -0.1) is 5.10 Å². The zero-order valence-corrected chi connectivity index (χ0v) is 18.5. The fraction of sp³-hybridized carbons (Fsp3) is 0.286. The van der Waals surface area contributed by atoms with Crippen molar-refractivity contribution in [1.29, 1.82) is 0 Å². The quantitative estimate of drug-likeness (QED) is 0.501. The van der Waals surface area contributed by atoms with Crippen LogP contribution in [0.25, 0.3) is 11.3 Å². The summed E-state index contributed by atoms with van der Waals surface area (Å²) in [5, 5.41) is 16.0. The summed E-state index contributed by atoms with van der Waals surface area (Å²) in [6.45, 7) is 1.81. The molecule has 1 aromatic carbocycles. The molecule has 1 fully saturated rings. The van der Waals surface area contributed by atoms with E-state index in [2.05, 4.69) is 31.2 Å². The molecule has 2 atom stereocenters. The van der Waals surface area contributed by atoms with Gasteiger partial charge in [0.05, 0.1) is 28.9 Å². The second-order valence-corrected chi connectivity index (χ2v) is 8.14. The number of rotatable bonds is 5. The molecule has 1 saturated heterocycles. The number of aromatic nitrogens is 4. The molecule has 1 aliphatic heterocycles. The van der Waals surface area contributed by atoms with Crippen LogP contribution in [0.2, 0.25) is 5.02 Å². The Morgan fingerprint density at radius 3 is 2.68 bits per heavy atom. The number of pyridine rings is 1. The molecule has 2 amide bonds. The molecule has 0 aliphatic carbocycles. The summed E-state index contributed by atoms with van der Waals surface area (Å²) in [6.07, 6.45) is -0.978. The van der Waals surface area contributed by atoms with Crippen molar-refractivity contribution in [1.82, 2.24) is 25.3 Å². The Kier molecular flexibility index (Phi) is 6.53. The van der Waals surface area contributed by atoms with E-state index in [1.54, 1.807) is 29.2 Å². The van der Waals surface area contributed by atoms with Gasteiger partial charge in [-0.3, -0.25) is 9.59 Å². The maximum atomic E-state index is 13.1. The Bertz CT molecular complexity index is 1210. The predicted octanol–water partition coefficient (Wildman–Crippen LogP) is 3.51. The largest absolute Gasteiger partial charge is 0.417 e. The number of hydrogen-bond acceptors (Lipinski definition) is 6. The molecule has 1 aliphatic rings. The number of carbonyl (C=O) groups excluding carboxylic acids is 2. The fourth-order valence-corrected chi connectivity index (χ4v) is 3.78. The predicted molar refractivity (Wildman–Crippen MR) is 118 cm³/mol. The van der Waals surface area contributed by atoms with E-state index < -0.39 is 28.7 Å². The van der Waals surface area contributed by atoms with Gasteiger partial charge in [0.2, 0.25) is 11.8 Å². The van der Waals surface area contributed by atoms with Crippen LogP contribution in [-0.2, 0) is 15.8 Å². The first-order valence-electron chi connectivity index (χ1n) is 10.2. The van der Waals surface area contributed by atoms with Crippen molar-refractivity contribution in [3.05, 3.63) is 53.3 Å². The summed E-state index contributed by atoms with van der Waals surface area (Å²) in [6, 6.07) is 5.81. The lowest BCUT2D eigenvalue weighted by Crippen LogP contribution is -2.35. The minimum atomic E-state index is -4.63. The molecule has 0 saturated carbocycles. The van der Waals surface area contributed by atoms with Gasteiger partial charge in [0.25, 0.3) is 0 Å². The number of nitrogens with zero attached hydrogens (tertiary/aromatic N) is 4. The molecule has 3 N–H and O–H groups in total. The first-order valence-corrected chi connectivity index (χ1v) is 10.5. The first-order chi connectivity index (χ1) is 16.1. The Labute approximate surface area is 196 Å². The lowest BCUT2D eigenvalue weighted by atomic mass is 10.1. The minimum Gasteiger partial charge on any atom is -0.325 e. The molecule has 3 aromatic rings. The number of nitrogens with one attached hydrogen (secondary N) is 3. The van der Waals surface area contributed by atoms with Crippen molar-refractivity contribution < 1.29 is 22.8 Å². The van der Waals surface area contributed by atoms with Gasteiger partial charge in [0, 0.05) is 30.9 Å². The monoisotopic (exact) mass is 493 g/mol. The van der Waals surface area contributed by atoms with Gasteiger partial charge in [-0.25, -0.2) is 9.67 Å². The zero-order chi connectivity index (χ0) is 24.5. The number of alkyl halides is 3. The van der Waals surface area contributed by atoms with E-state index >= 15 is 0 Å². The van der Waals surface area contributed by atoms with E-state index in [1.807, 2.05) is 0 Å². The number of benzene rings is 1. The van der Waals surface area contributed by atoms with E-state index in [-0.39, 0.29) is 17.6 Å². The van der Waals surface area contributed by atoms with E-state index in [0.29, 0.717) is 30.0 Å². The topological polar surface area (TPSA) is 114 Å². The van der Waals surface area contributed by atoms with Crippen molar-refractivity contribution >= 4 is 34.9 Å². The van der Waals surface area contributed by atoms with Gasteiger partial charge in [0.15, 0.2) is 0 Å². The minimum absolute atomic E-state index is 0.00484. The lowest BCUT2D eigenvalue weighted by molar-refractivity contribution is -0.137. The number of carbonyl (C=O) groups is 2. The van der Waals surface area contributed by atoms with Crippen LogP contribution in [-0.4, -0.2) is 44.4 Å². The fourth-order valence-electron chi connectivity index (χ4n) is 3.56. The Morgan fingerprint density at radius 1 is 1.21 bits per heavy atom. The van der Waals surface area contributed by atoms with Crippen LogP contribution in [0.5, 0.6) is 0 Å². The highest BCUT2D eigenvalue weighted by Crippen LogP contribution is 2.36. The second-order valence-electron chi connectivity index (χ2n) is 7.73. The molecule has 0 radical (unpaired) electrons. The molecule has 2 aromatic heterocycles. The van der Waals surface area contributed by atoms with Crippen LogP contribution >= 0.6 is 11.6 Å². The molecule has 13 heteroatoms. The third-order valence-corrected chi connectivity index (χ3v) is 5.54. The van der Waals surface area contributed by atoms with Gasteiger partial charge in [-0.1, -0.05) is 16.8 Å². The van der Waals surface area contributed by atoms with Crippen LogP contribution in [0, 0.1) is 0 Å². The summed E-state index contributed by atoms with van der Waals surface area (Å²) in [5.74, 6) is -0.271. The number of amides is 2. The number of hydrogen-bond donors (Lipinski definition) is 3. The summed E-state index contributed by atoms with van der Waals surface area (Å²) < 4.78 is 40.8. The van der Waals surface area contributed by atoms with E-state index in [1.165, 1.54) is 13.0 Å². The highest BCUT2D eigenvalue weighted by Gasteiger charge is 2.34. The van der Waals surface area contributed by atoms with Gasteiger partial charge >= 0.3 is 6.18 Å². The second kappa shape index (κ2) is 9.39. The molecule has 9 nitrogen and oxygen atoms in total. The molecule has 0 bridgehead atoms. The van der Waals surface area contributed by atoms with Crippen LogP contribution in [0.15, 0.2) is 42.7 Å². The highest BCUT2D eigenvalue weighted by molar-refractivity contribution is 6.31. The van der Waals surface area contributed by atoms with E-state index in [4.69, 9.17) is 11.6 Å². The third-order valence-electron chi connectivity index (χ3n) is 5.21. The van der Waals surface area contributed by atoms with Crippen molar-refractivity contribution in [2.45, 2.75) is 31.6 Å². The third kappa shape index (κ3) is 5.34. The average Bonchev–Trinajstić information content (AvgIpc) is 3.44. The van der Waals surface area contributed by atoms with Crippen molar-refractivity contribution in [3.8, 4) is 11.3 Å². The van der Waals surface area contributed by atoms with Gasteiger partial charge in [-0.2, -0.15) is 13.2 Å². The molecule has 4 rings (SSSR count). The van der Waals surface area contributed by atoms with E-state index in [0.717, 1.165) is 12.1 Å². The molecular weight excluding hydrogens is 475 g/mol.